The lowest BCUT2D eigenvalue weighted by atomic mass is 9.93. The summed E-state index contributed by atoms with van der Waals surface area (Å²) in [6, 6.07) is 15.2. The van der Waals surface area contributed by atoms with Gasteiger partial charge >= 0.3 is 0 Å². The molecule has 2 aromatic carbocycles. The van der Waals surface area contributed by atoms with Gasteiger partial charge in [-0.1, -0.05) is 35.9 Å². The Morgan fingerprint density at radius 2 is 1.95 bits per heavy atom. The van der Waals surface area contributed by atoms with Crippen LogP contribution in [-0.2, 0) is 0 Å². The number of hydrogen-bond donors (Lipinski definition) is 1. The number of rotatable bonds is 3. The van der Waals surface area contributed by atoms with Gasteiger partial charge in [0.15, 0.2) is 0 Å². The lowest BCUT2D eigenvalue weighted by molar-refractivity contribution is 0.406. The Morgan fingerprint density at radius 1 is 1.10 bits per heavy atom. The second kappa shape index (κ2) is 5.68. The van der Waals surface area contributed by atoms with Crippen LogP contribution in [0.3, 0.4) is 0 Å². The van der Waals surface area contributed by atoms with Crippen LogP contribution in [0, 0.1) is 6.92 Å². The van der Waals surface area contributed by atoms with Crippen LogP contribution < -0.4 is 10.1 Å². The molecule has 0 saturated carbocycles. The van der Waals surface area contributed by atoms with Crippen LogP contribution in [0.4, 0.5) is 0 Å². The van der Waals surface area contributed by atoms with Crippen LogP contribution in [0.1, 0.15) is 23.5 Å². The molecule has 2 heteroatoms. The minimum atomic E-state index is 0.565. The molecule has 1 unspecified atom stereocenters. The van der Waals surface area contributed by atoms with Crippen LogP contribution in [0.5, 0.6) is 5.75 Å². The highest BCUT2D eigenvalue weighted by Crippen LogP contribution is 2.34. The summed E-state index contributed by atoms with van der Waals surface area (Å²) in [7, 11) is 1.76. The van der Waals surface area contributed by atoms with Crippen molar-refractivity contribution in [1.82, 2.24) is 5.32 Å². The molecule has 0 radical (unpaired) electrons. The first-order valence-electron chi connectivity index (χ1n) is 7.23. The van der Waals surface area contributed by atoms with E-state index < -0.39 is 0 Å². The quantitative estimate of drug-likeness (QED) is 0.914. The molecule has 0 aliphatic carbocycles. The number of nitrogens with one attached hydrogen (secondary N) is 1. The fraction of sp³-hybridized carbons (Fsp3) is 0.333. The van der Waals surface area contributed by atoms with E-state index >= 15 is 0 Å². The van der Waals surface area contributed by atoms with Gasteiger partial charge in [0.05, 0.1) is 7.11 Å². The van der Waals surface area contributed by atoms with Gasteiger partial charge in [-0.25, -0.2) is 0 Å². The highest BCUT2D eigenvalue weighted by molar-refractivity contribution is 5.66. The van der Waals surface area contributed by atoms with Crippen molar-refractivity contribution < 1.29 is 4.74 Å². The van der Waals surface area contributed by atoms with E-state index in [-0.39, 0.29) is 0 Å². The molecule has 3 rings (SSSR count). The van der Waals surface area contributed by atoms with E-state index in [0.717, 1.165) is 18.8 Å². The number of ether oxygens (including phenoxy) is 1. The number of methoxy groups -OCH3 is 1. The van der Waals surface area contributed by atoms with Gasteiger partial charge < -0.3 is 10.1 Å². The summed E-state index contributed by atoms with van der Waals surface area (Å²) < 4.78 is 5.54. The third kappa shape index (κ3) is 2.56. The second-order valence-corrected chi connectivity index (χ2v) is 5.52. The van der Waals surface area contributed by atoms with E-state index in [1.807, 2.05) is 0 Å². The van der Waals surface area contributed by atoms with Gasteiger partial charge in [0.1, 0.15) is 5.75 Å². The highest BCUT2D eigenvalue weighted by atomic mass is 16.5. The molecule has 1 N–H and O–H groups in total. The van der Waals surface area contributed by atoms with Crippen molar-refractivity contribution >= 4 is 0 Å². The zero-order valence-electron chi connectivity index (χ0n) is 12.1. The summed E-state index contributed by atoms with van der Waals surface area (Å²) in [6.45, 7) is 4.28. The molecule has 1 aliphatic rings. The third-order valence-electron chi connectivity index (χ3n) is 4.08. The molecule has 20 heavy (non-hydrogen) atoms. The average Bonchev–Trinajstić information content (AvgIpc) is 3.00. The maximum atomic E-state index is 5.54. The number of aryl methyl sites for hydroxylation is 1. The minimum absolute atomic E-state index is 0.565. The smallest absolute Gasteiger partial charge is 0.122 e. The van der Waals surface area contributed by atoms with E-state index in [0.29, 0.717) is 5.92 Å². The van der Waals surface area contributed by atoms with E-state index in [1.54, 1.807) is 7.11 Å². The molecule has 0 bridgehead atoms. The molecule has 1 atom stereocenters. The SMILES string of the molecule is COc1ccc(-c2cccc(C)c2)cc1C1CCNC1. The molecular weight excluding hydrogens is 246 g/mol. The van der Waals surface area contributed by atoms with Crippen molar-refractivity contribution in [2.24, 2.45) is 0 Å². The van der Waals surface area contributed by atoms with Crippen molar-refractivity contribution in [3.8, 4) is 16.9 Å². The number of hydrogen-bond acceptors (Lipinski definition) is 2. The lowest BCUT2D eigenvalue weighted by Crippen LogP contribution is -2.08. The highest BCUT2D eigenvalue weighted by Gasteiger charge is 2.20. The topological polar surface area (TPSA) is 21.3 Å². The zero-order chi connectivity index (χ0) is 13.9. The molecule has 1 fully saturated rings. The lowest BCUT2D eigenvalue weighted by Gasteiger charge is -2.16. The summed E-state index contributed by atoms with van der Waals surface area (Å²) in [5.74, 6) is 1.57. The zero-order valence-corrected chi connectivity index (χ0v) is 12.1. The van der Waals surface area contributed by atoms with Crippen LogP contribution >= 0.6 is 0 Å². The summed E-state index contributed by atoms with van der Waals surface area (Å²) >= 11 is 0. The largest absolute Gasteiger partial charge is 0.496 e. The normalized spacial score (nSPS) is 18.2. The van der Waals surface area contributed by atoms with Crippen LogP contribution in [0.15, 0.2) is 42.5 Å². The Labute approximate surface area is 120 Å². The molecule has 0 amide bonds. The van der Waals surface area contributed by atoms with Crippen LogP contribution in [0.2, 0.25) is 0 Å². The molecule has 104 valence electrons. The first-order chi connectivity index (χ1) is 9.78. The van der Waals surface area contributed by atoms with Gasteiger partial charge in [-0.2, -0.15) is 0 Å². The Balaban J connectivity index is 2.02. The molecule has 1 heterocycles. The van der Waals surface area contributed by atoms with E-state index in [4.69, 9.17) is 4.74 Å². The van der Waals surface area contributed by atoms with Gasteiger partial charge in [-0.3, -0.25) is 0 Å². The van der Waals surface area contributed by atoms with Crippen LogP contribution in [-0.4, -0.2) is 20.2 Å². The van der Waals surface area contributed by atoms with E-state index in [9.17, 15) is 0 Å². The van der Waals surface area contributed by atoms with Gasteiger partial charge in [-0.15, -0.1) is 0 Å². The summed E-state index contributed by atoms with van der Waals surface area (Å²) in [5.41, 5.74) is 5.18. The second-order valence-electron chi connectivity index (χ2n) is 5.52. The van der Waals surface area contributed by atoms with Gasteiger partial charge in [-0.05, 0) is 48.7 Å². The summed E-state index contributed by atoms with van der Waals surface area (Å²) in [5, 5.41) is 3.43. The predicted molar refractivity (Wildman–Crippen MR) is 83.4 cm³/mol. The fourth-order valence-corrected chi connectivity index (χ4v) is 2.98. The average molecular weight is 267 g/mol. The fourth-order valence-electron chi connectivity index (χ4n) is 2.98. The molecule has 1 saturated heterocycles. The van der Waals surface area contributed by atoms with E-state index in [2.05, 4.69) is 54.7 Å². The van der Waals surface area contributed by atoms with Crippen molar-refractivity contribution in [2.45, 2.75) is 19.3 Å². The molecular formula is C18H21NO. The van der Waals surface area contributed by atoms with Crippen molar-refractivity contribution in [3.05, 3.63) is 53.6 Å². The molecule has 1 aliphatic heterocycles. The Bertz CT molecular complexity index is 600. The van der Waals surface area contributed by atoms with Crippen molar-refractivity contribution in [2.75, 3.05) is 20.2 Å². The van der Waals surface area contributed by atoms with Crippen LogP contribution in [0.25, 0.3) is 11.1 Å². The predicted octanol–water partition coefficient (Wildman–Crippen LogP) is 3.75. The molecule has 0 aromatic heterocycles. The van der Waals surface area contributed by atoms with Gasteiger partial charge in [0, 0.05) is 12.5 Å². The Kier molecular flexibility index (Phi) is 3.75. The molecule has 2 nitrogen and oxygen atoms in total. The Hall–Kier alpha value is -1.80. The summed E-state index contributed by atoms with van der Waals surface area (Å²) in [4.78, 5) is 0. The third-order valence-corrected chi connectivity index (χ3v) is 4.08. The van der Waals surface area contributed by atoms with E-state index in [1.165, 1.54) is 28.7 Å². The summed E-state index contributed by atoms with van der Waals surface area (Å²) in [6.07, 6.45) is 1.19. The standard InChI is InChI=1S/C18H21NO/c1-13-4-3-5-14(10-13)15-6-7-18(20-2)17(11-15)16-8-9-19-12-16/h3-7,10-11,16,19H,8-9,12H2,1-2H3. The van der Waals surface area contributed by atoms with Gasteiger partial charge in [0.25, 0.3) is 0 Å². The molecule has 0 spiro atoms. The monoisotopic (exact) mass is 267 g/mol. The number of benzene rings is 2. The Morgan fingerprint density at radius 3 is 2.65 bits per heavy atom. The first-order valence-corrected chi connectivity index (χ1v) is 7.23. The maximum Gasteiger partial charge on any atom is 0.122 e. The van der Waals surface area contributed by atoms with Gasteiger partial charge in [0.2, 0.25) is 0 Å². The molecule has 2 aromatic rings. The van der Waals surface area contributed by atoms with Crippen molar-refractivity contribution in [3.63, 3.8) is 0 Å². The van der Waals surface area contributed by atoms with Crippen molar-refractivity contribution in [1.29, 1.82) is 0 Å². The first kappa shape index (κ1) is 13.2. The minimum Gasteiger partial charge on any atom is -0.496 e. The maximum absolute atomic E-state index is 5.54.